The van der Waals surface area contributed by atoms with Gasteiger partial charge in [0.1, 0.15) is 12.3 Å². The minimum absolute atomic E-state index is 0.0829. The van der Waals surface area contributed by atoms with Crippen LogP contribution in [0.1, 0.15) is 44.7 Å². The summed E-state index contributed by atoms with van der Waals surface area (Å²) in [6.07, 6.45) is -9.65. The smallest absolute Gasteiger partial charge is 0.405 e. The fourth-order valence-corrected chi connectivity index (χ4v) is 3.95. The summed E-state index contributed by atoms with van der Waals surface area (Å²) in [7, 11) is 0. The van der Waals surface area contributed by atoms with E-state index in [1.165, 1.54) is 6.92 Å². The molecule has 0 spiro atoms. The Hall–Kier alpha value is -3.61. The molecule has 0 fully saturated rings. The van der Waals surface area contributed by atoms with Gasteiger partial charge in [-0.1, -0.05) is 17.7 Å². The highest BCUT2D eigenvalue weighted by molar-refractivity contribution is 6.30. The van der Waals surface area contributed by atoms with Gasteiger partial charge in [0.05, 0.1) is 18.4 Å². The molecule has 0 aromatic heterocycles. The average Bonchev–Trinajstić information content (AvgIpc) is 2.76. The highest BCUT2D eigenvalue weighted by Crippen LogP contribution is 2.44. The van der Waals surface area contributed by atoms with Crippen LogP contribution in [0, 0.1) is 18.3 Å². The molecule has 2 aromatic carbocycles. The molecule has 38 heavy (non-hydrogen) atoms. The topological polar surface area (TPSA) is 119 Å². The summed E-state index contributed by atoms with van der Waals surface area (Å²) >= 11 is 5.80. The van der Waals surface area contributed by atoms with Crippen LogP contribution in [0.3, 0.4) is 0 Å². The maximum absolute atomic E-state index is 14.2. The Balaban J connectivity index is 2.31. The maximum atomic E-state index is 14.2. The monoisotopic (exact) mass is 565 g/mol. The Morgan fingerprint density at radius 1 is 1.03 bits per heavy atom. The molecule has 0 aliphatic carbocycles. The lowest BCUT2D eigenvalue weighted by Gasteiger charge is -2.28. The molecule has 0 bridgehead atoms. The number of phenols is 1. The van der Waals surface area contributed by atoms with Gasteiger partial charge in [-0.3, -0.25) is 14.4 Å². The minimum Gasteiger partial charge on any atom is -0.508 e. The third kappa shape index (κ3) is 8.20. The van der Waals surface area contributed by atoms with Gasteiger partial charge in [0.2, 0.25) is 5.91 Å². The molecule has 7 nitrogen and oxygen atoms in total. The number of ketones is 1. The molecule has 2 atom stereocenters. The maximum Gasteiger partial charge on any atom is 0.405 e. The van der Waals surface area contributed by atoms with Crippen LogP contribution in [-0.2, 0) is 4.79 Å². The van der Waals surface area contributed by atoms with E-state index < -0.39 is 71.9 Å². The summed E-state index contributed by atoms with van der Waals surface area (Å²) in [5, 5.41) is 21.2. The number of hydrogen-bond donors (Lipinski definition) is 4. The summed E-state index contributed by atoms with van der Waals surface area (Å²) < 4.78 is 79.0. The molecule has 0 aliphatic rings. The van der Waals surface area contributed by atoms with Crippen LogP contribution in [0.4, 0.5) is 26.3 Å². The van der Waals surface area contributed by atoms with Crippen molar-refractivity contribution >= 4 is 34.9 Å². The molecule has 0 aliphatic heterocycles. The number of hydrogen-bond acceptors (Lipinski definition) is 5. The molecule has 206 valence electrons. The number of aromatic hydroxyl groups is 1. The Morgan fingerprint density at radius 2 is 1.66 bits per heavy atom. The summed E-state index contributed by atoms with van der Waals surface area (Å²) in [6.45, 7) is 0.0326. The van der Waals surface area contributed by atoms with E-state index in [-0.39, 0.29) is 21.7 Å². The van der Waals surface area contributed by atoms with Crippen molar-refractivity contribution in [3.63, 3.8) is 0 Å². The molecule has 0 heterocycles. The lowest BCUT2D eigenvalue weighted by atomic mass is 9.78. The van der Waals surface area contributed by atoms with Gasteiger partial charge >= 0.3 is 12.4 Å². The van der Waals surface area contributed by atoms with Crippen molar-refractivity contribution in [3.8, 4) is 5.75 Å². The number of halogens is 7. The van der Waals surface area contributed by atoms with Crippen LogP contribution < -0.4 is 10.6 Å². The largest absolute Gasteiger partial charge is 0.508 e. The number of rotatable bonds is 9. The molecule has 2 aromatic rings. The van der Waals surface area contributed by atoms with Gasteiger partial charge in [-0.15, -0.1) is 0 Å². The predicted octanol–water partition coefficient (Wildman–Crippen LogP) is 4.95. The van der Waals surface area contributed by atoms with E-state index in [0.717, 1.165) is 43.3 Å². The van der Waals surface area contributed by atoms with E-state index in [4.69, 9.17) is 17.0 Å². The molecule has 0 radical (unpaired) electrons. The van der Waals surface area contributed by atoms with E-state index >= 15 is 0 Å². The highest BCUT2D eigenvalue weighted by Gasteiger charge is 2.49. The Bertz CT molecular complexity index is 1230. The number of benzene rings is 2. The second-order valence-electron chi connectivity index (χ2n) is 8.39. The Labute approximate surface area is 217 Å². The van der Waals surface area contributed by atoms with Gasteiger partial charge in [-0.25, -0.2) is 0 Å². The standard InChI is InChI=1S/C24H22ClF6N3O4/c1-11-5-13(3-4-17(11)22(38)33-9-18(36)34-10-23(26,27)28)21(37)19(12(2)32)20(24(29,30)31)14-6-15(25)8-16(35)7-14/h3-8,19-20,32,35H,9-10H2,1-2H3,(H,33,38)(H,34,36). The first kappa shape index (κ1) is 30.6. The highest BCUT2D eigenvalue weighted by atomic mass is 35.5. The molecular weight excluding hydrogens is 544 g/mol. The molecular formula is C24H22ClF6N3O4. The first-order valence-corrected chi connectivity index (χ1v) is 11.2. The van der Waals surface area contributed by atoms with E-state index in [2.05, 4.69) is 5.32 Å². The number of aryl methyl sites for hydroxylation is 1. The zero-order valence-electron chi connectivity index (χ0n) is 19.9. The zero-order chi connectivity index (χ0) is 29.0. The summed E-state index contributed by atoms with van der Waals surface area (Å²) in [6, 6.07) is 6.05. The molecule has 4 N–H and O–H groups in total. The van der Waals surface area contributed by atoms with Crippen molar-refractivity contribution in [2.45, 2.75) is 32.1 Å². The van der Waals surface area contributed by atoms with Crippen LogP contribution in [-0.4, -0.2) is 53.9 Å². The number of amides is 2. The number of alkyl halides is 6. The van der Waals surface area contributed by atoms with Gasteiger partial charge in [-0.05, 0) is 55.3 Å². The number of nitrogens with one attached hydrogen (secondary N) is 3. The fraction of sp³-hybridized carbons (Fsp3) is 0.333. The first-order chi connectivity index (χ1) is 17.4. The fourth-order valence-electron chi connectivity index (χ4n) is 3.71. The lowest BCUT2D eigenvalue weighted by molar-refractivity contribution is -0.154. The molecule has 2 unspecified atom stereocenters. The SMILES string of the molecule is CC(=N)C(C(=O)c1ccc(C(=O)NCC(=O)NCC(F)(F)F)c(C)c1)C(c1cc(O)cc(Cl)c1)C(F)(F)F. The van der Waals surface area contributed by atoms with Gasteiger partial charge in [0.15, 0.2) is 5.78 Å². The van der Waals surface area contributed by atoms with Crippen molar-refractivity contribution in [2.75, 3.05) is 13.1 Å². The molecule has 14 heteroatoms. The van der Waals surface area contributed by atoms with E-state index in [0.29, 0.717) is 0 Å². The van der Waals surface area contributed by atoms with Crippen LogP contribution in [0.15, 0.2) is 36.4 Å². The number of phenolic OH excluding ortho intramolecular Hbond substituents is 1. The van der Waals surface area contributed by atoms with Crippen LogP contribution in [0.2, 0.25) is 5.02 Å². The number of carbonyl (C=O) groups excluding carboxylic acids is 3. The van der Waals surface area contributed by atoms with Crippen molar-refractivity contribution in [1.82, 2.24) is 10.6 Å². The third-order valence-electron chi connectivity index (χ3n) is 5.35. The predicted molar refractivity (Wildman–Crippen MR) is 126 cm³/mol. The zero-order valence-corrected chi connectivity index (χ0v) is 20.6. The van der Waals surface area contributed by atoms with Crippen molar-refractivity contribution in [2.24, 2.45) is 5.92 Å². The summed E-state index contributed by atoms with van der Waals surface area (Å²) in [5.41, 5.74) is -1.35. The number of Topliss-reactive ketones (excluding diaryl/α,β-unsaturated/α-hetero) is 1. The lowest BCUT2D eigenvalue weighted by Crippen LogP contribution is -2.41. The van der Waals surface area contributed by atoms with E-state index in [1.807, 2.05) is 0 Å². The van der Waals surface area contributed by atoms with Crippen molar-refractivity contribution in [1.29, 1.82) is 5.41 Å². The van der Waals surface area contributed by atoms with Gasteiger partial charge in [0, 0.05) is 21.9 Å². The molecule has 2 rings (SSSR count). The average molecular weight is 566 g/mol. The number of carbonyl (C=O) groups is 3. The Morgan fingerprint density at radius 3 is 2.16 bits per heavy atom. The normalized spacial score (nSPS) is 13.4. The summed E-state index contributed by atoms with van der Waals surface area (Å²) in [5.74, 6) is -8.16. The van der Waals surface area contributed by atoms with Gasteiger partial charge < -0.3 is 21.1 Å². The van der Waals surface area contributed by atoms with Crippen LogP contribution >= 0.6 is 11.6 Å². The van der Waals surface area contributed by atoms with Gasteiger partial charge in [-0.2, -0.15) is 26.3 Å². The quantitative estimate of drug-likeness (QED) is 0.195. The van der Waals surface area contributed by atoms with E-state index in [9.17, 15) is 45.8 Å². The third-order valence-corrected chi connectivity index (χ3v) is 5.57. The van der Waals surface area contributed by atoms with E-state index in [1.54, 1.807) is 5.32 Å². The minimum atomic E-state index is -5.01. The molecule has 0 saturated heterocycles. The second kappa shape index (κ2) is 11.8. The van der Waals surface area contributed by atoms with Crippen LogP contribution in [0.5, 0.6) is 5.75 Å². The van der Waals surface area contributed by atoms with Crippen molar-refractivity contribution < 1.29 is 45.8 Å². The molecule has 0 saturated carbocycles. The van der Waals surface area contributed by atoms with Crippen LogP contribution in [0.25, 0.3) is 0 Å². The van der Waals surface area contributed by atoms with Crippen molar-refractivity contribution in [3.05, 3.63) is 63.7 Å². The van der Waals surface area contributed by atoms with Gasteiger partial charge in [0.25, 0.3) is 5.91 Å². The molecule has 2 amide bonds. The summed E-state index contributed by atoms with van der Waals surface area (Å²) in [4.78, 5) is 37.1. The Kier molecular flexibility index (Phi) is 9.54. The second-order valence-corrected chi connectivity index (χ2v) is 8.83. The first-order valence-electron chi connectivity index (χ1n) is 10.8.